The molecule has 0 fully saturated rings. The Bertz CT molecular complexity index is 1160. The van der Waals surface area contributed by atoms with E-state index in [2.05, 4.69) is 15.4 Å². The summed E-state index contributed by atoms with van der Waals surface area (Å²) in [6, 6.07) is 6.12. The lowest BCUT2D eigenvalue weighted by Crippen LogP contribution is -2.53. The van der Waals surface area contributed by atoms with Gasteiger partial charge in [0.1, 0.15) is 6.04 Å². The lowest BCUT2D eigenvalue weighted by Gasteiger charge is -2.33. The monoisotopic (exact) mass is 496 g/mol. The van der Waals surface area contributed by atoms with Crippen molar-refractivity contribution in [3.63, 3.8) is 0 Å². The fourth-order valence-electron chi connectivity index (χ4n) is 3.30. The minimum atomic E-state index is -1.32. The maximum atomic E-state index is 13.0. The highest BCUT2D eigenvalue weighted by Crippen LogP contribution is 2.31. The Morgan fingerprint density at radius 2 is 2.03 bits per heavy atom. The van der Waals surface area contributed by atoms with E-state index in [1.165, 1.54) is 6.92 Å². The number of benzene rings is 1. The van der Waals surface area contributed by atoms with E-state index in [-0.39, 0.29) is 28.8 Å². The van der Waals surface area contributed by atoms with Crippen LogP contribution in [0.4, 0.5) is 4.79 Å². The van der Waals surface area contributed by atoms with Crippen LogP contribution in [0, 0.1) is 6.92 Å². The summed E-state index contributed by atoms with van der Waals surface area (Å²) in [5.74, 6) is -1.73. The van der Waals surface area contributed by atoms with Gasteiger partial charge in [0.15, 0.2) is 22.7 Å². The number of halogens is 1. The highest BCUT2D eigenvalue weighted by molar-refractivity contribution is 7.80. The number of esters is 1. The third-order valence-electron chi connectivity index (χ3n) is 4.76. The first-order chi connectivity index (χ1) is 15.7. The number of hydrogen-bond donors (Lipinski definition) is 2. The van der Waals surface area contributed by atoms with Crippen LogP contribution in [0.15, 0.2) is 49.2 Å². The Morgan fingerprint density at radius 3 is 2.67 bits per heavy atom. The molecule has 0 aliphatic carbocycles. The number of methoxy groups -OCH3 is 1. The van der Waals surface area contributed by atoms with Gasteiger partial charge in [-0.1, -0.05) is 23.7 Å². The predicted octanol–water partition coefficient (Wildman–Crippen LogP) is 2.92. The second-order valence-corrected chi connectivity index (χ2v) is 7.84. The summed E-state index contributed by atoms with van der Waals surface area (Å²) in [6.07, 6.45) is -1.96. The van der Waals surface area contributed by atoms with E-state index in [9.17, 15) is 14.4 Å². The summed E-state index contributed by atoms with van der Waals surface area (Å²) in [7, 11) is 1.12. The molecular weight excluding hydrogens is 476 g/mol. The summed E-state index contributed by atoms with van der Waals surface area (Å²) in [5.41, 5.74) is 1.35. The summed E-state index contributed by atoms with van der Waals surface area (Å²) < 4.78 is 25.3. The molecule has 12 heteroatoms. The van der Waals surface area contributed by atoms with Crippen molar-refractivity contribution in [1.82, 2.24) is 10.6 Å². The molecule has 3 rings (SSSR count). The van der Waals surface area contributed by atoms with Crippen molar-refractivity contribution < 1.29 is 32.6 Å². The molecule has 0 bridgehead atoms. The number of ether oxygens (including phenoxy) is 3. The number of carbonyl (C=O) groups excluding carboxylic acids is 2. The molecule has 10 nitrogen and oxygen atoms in total. The Kier molecular flexibility index (Phi) is 7.77. The average Bonchev–Trinajstić information content (AvgIpc) is 3.08. The van der Waals surface area contributed by atoms with Gasteiger partial charge in [-0.25, -0.2) is 14.4 Å². The van der Waals surface area contributed by atoms with Crippen LogP contribution < -0.4 is 16.5 Å². The van der Waals surface area contributed by atoms with Crippen LogP contribution in [0.25, 0.3) is 0 Å². The van der Waals surface area contributed by atoms with Gasteiger partial charge >= 0.3 is 17.9 Å². The van der Waals surface area contributed by atoms with Crippen LogP contribution in [0.3, 0.4) is 0 Å². The molecule has 1 aromatic heterocycles. The van der Waals surface area contributed by atoms with Gasteiger partial charge in [-0.15, -0.1) is 0 Å². The molecule has 2 heterocycles. The number of allylic oxidation sites excluding steroid dienone is 1. The average molecular weight is 497 g/mol. The fourth-order valence-corrected chi connectivity index (χ4v) is 3.79. The quantitative estimate of drug-likeness (QED) is 0.433. The molecule has 176 valence electrons. The molecule has 0 saturated heterocycles. The molecular formula is C21H21ClN2O8S. The fraction of sp³-hybridized carbons (Fsp3) is 0.333. The molecule has 2 atom stereocenters. The standard InChI is InChI=1S/C21H21ClN2O8S/c1-10-14(18(25)29-8-7-12-5-4-6-13(22)9-12)15(24-19(33)23-10)17(32-20(26)28-3)16-11(2)30-21(27)31-16/h4-6,9,15,17H,7-8H2,1-3H3,(H2,23,24,33). The largest absolute Gasteiger partial charge is 0.519 e. The van der Waals surface area contributed by atoms with Crippen molar-refractivity contribution in [3.05, 3.63) is 68.3 Å². The Morgan fingerprint density at radius 1 is 1.27 bits per heavy atom. The van der Waals surface area contributed by atoms with Crippen molar-refractivity contribution in [2.75, 3.05) is 13.7 Å². The summed E-state index contributed by atoms with van der Waals surface area (Å²) in [4.78, 5) is 36.6. The second-order valence-electron chi connectivity index (χ2n) is 7.00. The zero-order valence-electron chi connectivity index (χ0n) is 17.9. The molecule has 2 aromatic rings. The minimum Gasteiger partial charge on any atom is -0.462 e. The van der Waals surface area contributed by atoms with Gasteiger partial charge in [-0.3, -0.25) is 0 Å². The summed E-state index contributed by atoms with van der Waals surface area (Å²) in [6.45, 7) is 3.13. The van der Waals surface area contributed by atoms with E-state index in [0.717, 1.165) is 12.7 Å². The number of nitrogens with one attached hydrogen (secondary N) is 2. The smallest absolute Gasteiger partial charge is 0.462 e. The first-order valence-corrected chi connectivity index (χ1v) is 10.5. The third-order valence-corrected chi connectivity index (χ3v) is 5.22. The van der Waals surface area contributed by atoms with Crippen LogP contribution in [-0.2, 0) is 25.4 Å². The summed E-state index contributed by atoms with van der Waals surface area (Å²) >= 11 is 11.2. The normalized spacial score (nSPS) is 16.5. The van der Waals surface area contributed by atoms with E-state index >= 15 is 0 Å². The van der Waals surface area contributed by atoms with Gasteiger partial charge in [0.2, 0.25) is 0 Å². The van der Waals surface area contributed by atoms with Gasteiger partial charge in [0.05, 0.1) is 19.3 Å². The number of rotatable bonds is 7. The Balaban J connectivity index is 1.88. The van der Waals surface area contributed by atoms with Crippen molar-refractivity contribution in [2.24, 2.45) is 0 Å². The summed E-state index contributed by atoms with van der Waals surface area (Å²) in [5, 5.41) is 6.45. The van der Waals surface area contributed by atoms with Crippen LogP contribution in [0.5, 0.6) is 0 Å². The molecule has 1 aliphatic heterocycles. The maximum absolute atomic E-state index is 13.0. The number of thiocarbonyl (C=S) groups is 1. The third kappa shape index (κ3) is 5.93. The zero-order valence-corrected chi connectivity index (χ0v) is 19.5. The van der Waals surface area contributed by atoms with E-state index in [1.807, 2.05) is 6.07 Å². The van der Waals surface area contributed by atoms with Crippen LogP contribution in [0.1, 0.15) is 30.1 Å². The van der Waals surface area contributed by atoms with Gasteiger partial charge < -0.3 is 33.7 Å². The molecule has 0 spiro atoms. The Hall–Kier alpha value is -3.31. The van der Waals surface area contributed by atoms with Crippen LogP contribution in [0.2, 0.25) is 5.02 Å². The lowest BCUT2D eigenvalue weighted by molar-refractivity contribution is -0.140. The van der Waals surface area contributed by atoms with E-state index in [1.54, 1.807) is 25.1 Å². The van der Waals surface area contributed by atoms with Gasteiger partial charge in [0, 0.05) is 17.1 Å². The molecule has 1 aromatic carbocycles. The van der Waals surface area contributed by atoms with Crippen LogP contribution >= 0.6 is 23.8 Å². The molecule has 2 unspecified atom stereocenters. The first-order valence-electron chi connectivity index (χ1n) is 9.74. The number of aryl methyl sites for hydroxylation is 1. The number of hydrogen-bond acceptors (Lipinski definition) is 9. The van der Waals surface area contributed by atoms with Crippen molar-refractivity contribution in [3.8, 4) is 0 Å². The number of carbonyl (C=O) groups is 2. The van der Waals surface area contributed by atoms with E-state index < -0.39 is 30.1 Å². The molecule has 0 radical (unpaired) electrons. The topological polar surface area (TPSA) is 129 Å². The molecule has 2 N–H and O–H groups in total. The molecule has 33 heavy (non-hydrogen) atoms. The highest BCUT2D eigenvalue weighted by Gasteiger charge is 2.42. The zero-order chi connectivity index (χ0) is 24.1. The van der Waals surface area contributed by atoms with Crippen molar-refractivity contribution >= 4 is 41.1 Å². The predicted molar refractivity (Wildman–Crippen MR) is 120 cm³/mol. The van der Waals surface area contributed by atoms with Gasteiger partial charge in [-0.2, -0.15) is 0 Å². The first kappa shape index (κ1) is 24.3. The second kappa shape index (κ2) is 10.5. The van der Waals surface area contributed by atoms with E-state index in [0.29, 0.717) is 17.1 Å². The van der Waals surface area contributed by atoms with Crippen molar-refractivity contribution in [2.45, 2.75) is 32.4 Å². The van der Waals surface area contributed by atoms with Crippen LogP contribution in [-0.4, -0.2) is 37.0 Å². The van der Waals surface area contributed by atoms with E-state index in [4.69, 9.17) is 42.1 Å². The molecule has 1 aliphatic rings. The molecule has 0 saturated carbocycles. The molecule has 0 amide bonds. The van der Waals surface area contributed by atoms with Gasteiger partial charge in [0.25, 0.3) is 0 Å². The maximum Gasteiger partial charge on any atom is 0.519 e. The minimum absolute atomic E-state index is 0.0616. The van der Waals surface area contributed by atoms with Gasteiger partial charge in [-0.05, 0) is 43.8 Å². The lowest BCUT2D eigenvalue weighted by atomic mass is 9.95. The van der Waals surface area contributed by atoms with Crippen molar-refractivity contribution in [1.29, 1.82) is 0 Å². The highest BCUT2D eigenvalue weighted by atomic mass is 35.5. The Labute approximate surface area is 198 Å². The SMILES string of the molecule is COC(=O)OC(c1oc(=O)oc1C)C1NC(=S)NC(C)=C1C(=O)OCCc1cccc(Cl)c1.